The van der Waals surface area contributed by atoms with E-state index in [1.165, 1.54) is 11.3 Å². The predicted octanol–water partition coefficient (Wildman–Crippen LogP) is 4.81. The number of aromatic nitrogens is 2. The molecule has 108 valence electrons. The van der Waals surface area contributed by atoms with Crippen LogP contribution in [0.15, 0.2) is 24.3 Å². The lowest BCUT2D eigenvalue weighted by Gasteiger charge is -2.05. The molecular weight excluding hydrogens is 355 g/mol. The van der Waals surface area contributed by atoms with Gasteiger partial charge in [0.25, 0.3) is 0 Å². The highest BCUT2D eigenvalue weighted by Crippen LogP contribution is 2.35. The fraction of sp³-hybridized carbons (Fsp3) is 0.0769. The molecule has 3 rings (SSSR count). The highest BCUT2D eigenvalue weighted by Gasteiger charge is 2.17. The Morgan fingerprint density at radius 2 is 1.95 bits per heavy atom. The molecule has 0 fully saturated rings. The number of nitrogens with zero attached hydrogens (tertiary/aromatic N) is 2. The average Bonchev–Trinajstić information content (AvgIpc) is 2.95. The van der Waals surface area contributed by atoms with E-state index in [1.54, 1.807) is 28.8 Å². The van der Waals surface area contributed by atoms with Crippen molar-refractivity contribution >= 4 is 63.1 Å². The quantitative estimate of drug-likeness (QED) is 0.728. The van der Waals surface area contributed by atoms with Crippen molar-refractivity contribution in [1.82, 2.24) is 9.55 Å². The first-order valence-electron chi connectivity index (χ1n) is 5.78. The van der Waals surface area contributed by atoms with Gasteiger partial charge in [-0.25, -0.2) is 4.98 Å². The van der Waals surface area contributed by atoms with Crippen LogP contribution in [-0.4, -0.2) is 20.6 Å². The van der Waals surface area contributed by atoms with Crippen LogP contribution in [0.5, 0.6) is 0 Å². The van der Waals surface area contributed by atoms with Crippen LogP contribution in [0.4, 0.5) is 0 Å². The maximum atomic E-state index is 11.1. The summed E-state index contributed by atoms with van der Waals surface area (Å²) < 4.78 is 2.19. The van der Waals surface area contributed by atoms with Gasteiger partial charge in [0.2, 0.25) is 0 Å². The van der Waals surface area contributed by atoms with E-state index >= 15 is 0 Å². The van der Waals surface area contributed by atoms with E-state index in [0.29, 0.717) is 31.2 Å². The summed E-state index contributed by atoms with van der Waals surface area (Å²) in [6.07, 6.45) is 0. The van der Waals surface area contributed by atoms with Crippen molar-refractivity contribution in [3.8, 4) is 10.7 Å². The standard InChI is InChI=1S/C13H7Cl3N2O2S/c14-6-3-8-9(4-7(6)15)18(5-12(19)20)13(17-8)10-1-2-11(16)21-10/h1-4H,5H2,(H,19,20). The number of carboxylic acid groups (broad SMARTS) is 1. The summed E-state index contributed by atoms with van der Waals surface area (Å²) in [6, 6.07) is 6.78. The minimum atomic E-state index is -0.968. The van der Waals surface area contributed by atoms with Crippen molar-refractivity contribution in [2.24, 2.45) is 0 Å². The number of imidazole rings is 1. The van der Waals surface area contributed by atoms with Crippen LogP contribution in [0.2, 0.25) is 14.4 Å². The van der Waals surface area contributed by atoms with E-state index in [-0.39, 0.29) is 6.54 Å². The Balaban J connectivity index is 2.29. The van der Waals surface area contributed by atoms with Crippen LogP contribution in [0.1, 0.15) is 0 Å². The highest BCUT2D eigenvalue weighted by molar-refractivity contribution is 7.19. The predicted molar refractivity (Wildman–Crippen MR) is 85.7 cm³/mol. The van der Waals surface area contributed by atoms with Gasteiger partial charge in [0.15, 0.2) is 5.82 Å². The maximum absolute atomic E-state index is 11.1. The Bertz CT molecular complexity index is 857. The van der Waals surface area contributed by atoms with Crippen molar-refractivity contribution in [3.63, 3.8) is 0 Å². The molecule has 0 bridgehead atoms. The van der Waals surface area contributed by atoms with E-state index in [0.717, 1.165) is 4.88 Å². The van der Waals surface area contributed by atoms with E-state index in [9.17, 15) is 4.79 Å². The number of thiophene rings is 1. The van der Waals surface area contributed by atoms with Crippen molar-refractivity contribution in [1.29, 1.82) is 0 Å². The highest BCUT2D eigenvalue weighted by atomic mass is 35.5. The normalized spacial score (nSPS) is 11.2. The molecular formula is C13H7Cl3N2O2S. The van der Waals surface area contributed by atoms with E-state index in [4.69, 9.17) is 39.9 Å². The van der Waals surface area contributed by atoms with Crippen LogP contribution >= 0.6 is 46.1 Å². The molecule has 2 aromatic heterocycles. The third-order valence-electron chi connectivity index (χ3n) is 2.88. The monoisotopic (exact) mass is 360 g/mol. The van der Waals surface area contributed by atoms with E-state index in [2.05, 4.69) is 4.98 Å². The molecule has 0 saturated carbocycles. The van der Waals surface area contributed by atoms with Crippen LogP contribution in [0.3, 0.4) is 0 Å². The molecule has 1 aromatic carbocycles. The molecule has 0 spiro atoms. The van der Waals surface area contributed by atoms with Crippen LogP contribution in [0.25, 0.3) is 21.7 Å². The van der Waals surface area contributed by atoms with Gasteiger partial charge in [-0.2, -0.15) is 0 Å². The molecule has 4 nitrogen and oxygen atoms in total. The van der Waals surface area contributed by atoms with Gasteiger partial charge in [-0.15, -0.1) is 11.3 Å². The minimum absolute atomic E-state index is 0.223. The van der Waals surface area contributed by atoms with E-state index in [1.807, 2.05) is 0 Å². The molecule has 3 aromatic rings. The number of fused-ring (bicyclic) bond motifs is 1. The van der Waals surface area contributed by atoms with Gasteiger partial charge >= 0.3 is 5.97 Å². The number of carbonyl (C=O) groups is 1. The fourth-order valence-corrected chi connectivity index (χ4v) is 3.40. The molecule has 0 atom stereocenters. The molecule has 0 radical (unpaired) electrons. The zero-order valence-electron chi connectivity index (χ0n) is 10.3. The summed E-state index contributed by atoms with van der Waals surface area (Å²) in [5.74, 6) is -0.438. The van der Waals surface area contributed by atoms with Gasteiger partial charge in [0.05, 0.1) is 30.3 Å². The summed E-state index contributed by atoms with van der Waals surface area (Å²) in [5, 5.41) is 9.84. The molecule has 21 heavy (non-hydrogen) atoms. The number of hydrogen-bond donors (Lipinski definition) is 1. The maximum Gasteiger partial charge on any atom is 0.323 e. The van der Waals surface area contributed by atoms with Crippen LogP contribution < -0.4 is 0 Å². The van der Waals surface area contributed by atoms with Crippen LogP contribution in [0, 0.1) is 0 Å². The van der Waals surface area contributed by atoms with Gasteiger partial charge in [-0.05, 0) is 24.3 Å². The Hall–Kier alpha value is -1.27. The number of hydrogen-bond acceptors (Lipinski definition) is 3. The molecule has 2 heterocycles. The topological polar surface area (TPSA) is 55.1 Å². The summed E-state index contributed by atoms with van der Waals surface area (Å²) in [7, 11) is 0. The van der Waals surface area contributed by atoms with Crippen molar-refractivity contribution in [2.75, 3.05) is 0 Å². The first kappa shape index (κ1) is 14.7. The number of aliphatic carboxylic acids is 1. The third kappa shape index (κ3) is 2.74. The number of halogens is 3. The van der Waals surface area contributed by atoms with Gasteiger partial charge in [-0.1, -0.05) is 34.8 Å². The molecule has 0 saturated heterocycles. The third-order valence-corrected chi connectivity index (χ3v) is 4.83. The first-order valence-corrected chi connectivity index (χ1v) is 7.73. The summed E-state index contributed by atoms with van der Waals surface area (Å²) in [6.45, 7) is -0.223. The Morgan fingerprint density at radius 1 is 1.24 bits per heavy atom. The lowest BCUT2D eigenvalue weighted by molar-refractivity contribution is -0.137. The van der Waals surface area contributed by atoms with E-state index < -0.39 is 5.97 Å². The van der Waals surface area contributed by atoms with Crippen molar-refractivity contribution < 1.29 is 9.90 Å². The molecule has 0 unspecified atom stereocenters. The lowest BCUT2D eigenvalue weighted by Crippen LogP contribution is -2.09. The lowest BCUT2D eigenvalue weighted by atomic mass is 10.3. The van der Waals surface area contributed by atoms with Crippen molar-refractivity contribution in [3.05, 3.63) is 38.6 Å². The number of rotatable bonds is 3. The summed E-state index contributed by atoms with van der Waals surface area (Å²) in [5.41, 5.74) is 1.21. The minimum Gasteiger partial charge on any atom is -0.480 e. The van der Waals surface area contributed by atoms with Gasteiger partial charge in [-0.3, -0.25) is 4.79 Å². The number of benzene rings is 1. The zero-order chi connectivity index (χ0) is 15.1. The smallest absolute Gasteiger partial charge is 0.323 e. The second-order valence-corrected chi connectivity index (χ2v) is 6.80. The molecule has 8 heteroatoms. The Morgan fingerprint density at radius 3 is 2.57 bits per heavy atom. The molecule has 0 aliphatic rings. The SMILES string of the molecule is O=C(O)Cn1c(-c2ccc(Cl)s2)nc2cc(Cl)c(Cl)cc21. The Kier molecular flexibility index (Phi) is 3.84. The van der Waals surface area contributed by atoms with Gasteiger partial charge < -0.3 is 9.67 Å². The molecule has 0 aliphatic carbocycles. The zero-order valence-corrected chi connectivity index (χ0v) is 13.4. The first-order chi connectivity index (χ1) is 9.95. The Labute approximate surface area is 138 Å². The summed E-state index contributed by atoms with van der Waals surface area (Å²) in [4.78, 5) is 16.4. The largest absolute Gasteiger partial charge is 0.480 e. The van der Waals surface area contributed by atoms with Gasteiger partial charge in [0.1, 0.15) is 6.54 Å². The van der Waals surface area contributed by atoms with Gasteiger partial charge in [0, 0.05) is 0 Å². The molecule has 0 aliphatic heterocycles. The second kappa shape index (κ2) is 5.50. The summed E-state index contributed by atoms with van der Waals surface area (Å²) >= 11 is 19.3. The molecule has 0 amide bonds. The average molecular weight is 362 g/mol. The fourth-order valence-electron chi connectivity index (χ4n) is 2.04. The number of carboxylic acids is 1. The second-order valence-electron chi connectivity index (χ2n) is 4.27. The van der Waals surface area contributed by atoms with Crippen LogP contribution in [-0.2, 0) is 11.3 Å². The molecule has 1 N–H and O–H groups in total. The van der Waals surface area contributed by atoms with Crippen molar-refractivity contribution in [2.45, 2.75) is 6.54 Å².